The first kappa shape index (κ1) is 27.1. The van der Waals surface area contributed by atoms with E-state index < -0.39 is 40.9 Å². The molecule has 6 aliphatic heterocycles. The predicted molar refractivity (Wildman–Crippen MR) is 140 cm³/mol. The molecule has 222 valence electrons. The minimum atomic E-state index is -4.80. The van der Waals surface area contributed by atoms with Gasteiger partial charge < -0.3 is 25.4 Å². The number of aromatic nitrogens is 2. The molecule has 8 nitrogen and oxygen atoms in total. The monoisotopic (exact) mass is 580 g/mol. The fourth-order valence-corrected chi connectivity index (χ4v) is 7.60. The third-order valence-electron chi connectivity index (χ3n) is 9.44. The Bertz CT molecular complexity index is 1360. The van der Waals surface area contributed by atoms with Gasteiger partial charge in [-0.15, -0.1) is 0 Å². The number of nitrogens with two attached hydrogens (primary N) is 1. The maximum absolute atomic E-state index is 15.3. The van der Waals surface area contributed by atoms with E-state index in [1.807, 2.05) is 0 Å². The first-order valence-electron chi connectivity index (χ1n) is 14.2. The summed E-state index contributed by atoms with van der Waals surface area (Å²) in [5, 5.41) is 3.48. The average Bonchev–Trinajstić information content (AvgIpc) is 3.43. The summed E-state index contributed by atoms with van der Waals surface area (Å²) in [4.78, 5) is 13.6. The summed E-state index contributed by atoms with van der Waals surface area (Å²) in [6.07, 6.45) is -3.83. The van der Waals surface area contributed by atoms with Gasteiger partial charge in [-0.05, 0) is 44.4 Å². The minimum Gasteiger partial charge on any atom is -0.461 e. The molecule has 0 saturated carbocycles. The highest BCUT2D eigenvalue weighted by molar-refractivity contribution is 5.55. The Morgan fingerprint density at radius 2 is 1.98 bits per heavy atom. The van der Waals surface area contributed by atoms with Crippen molar-refractivity contribution in [1.29, 1.82) is 0 Å². The van der Waals surface area contributed by atoms with Crippen LogP contribution in [0.25, 0.3) is 0 Å². The number of halogens is 5. The van der Waals surface area contributed by atoms with Crippen molar-refractivity contribution >= 4 is 11.5 Å². The Balaban J connectivity index is 1.24. The second kappa shape index (κ2) is 9.63. The molecule has 8 rings (SSSR count). The highest BCUT2D eigenvalue weighted by Crippen LogP contribution is 2.45. The van der Waals surface area contributed by atoms with Crippen molar-refractivity contribution < 1.29 is 31.4 Å². The summed E-state index contributed by atoms with van der Waals surface area (Å²) in [7, 11) is 0. The number of hydrogen-bond acceptors (Lipinski definition) is 8. The average molecular weight is 581 g/mol. The number of alkyl halides is 4. The van der Waals surface area contributed by atoms with E-state index in [1.54, 1.807) is 0 Å². The van der Waals surface area contributed by atoms with Gasteiger partial charge in [-0.25, -0.2) is 8.78 Å². The molecule has 5 atom stereocenters. The van der Waals surface area contributed by atoms with E-state index in [-0.39, 0.29) is 36.9 Å². The van der Waals surface area contributed by atoms with E-state index in [1.165, 1.54) is 6.92 Å². The van der Waals surface area contributed by atoms with Crippen LogP contribution in [-0.4, -0.2) is 71.4 Å². The lowest BCUT2D eigenvalue weighted by Crippen LogP contribution is -2.67. The van der Waals surface area contributed by atoms with Crippen LogP contribution < -0.4 is 20.7 Å². The van der Waals surface area contributed by atoms with Crippen LogP contribution in [0.15, 0.2) is 6.07 Å². The topological polar surface area (TPSA) is 88.8 Å². The van der Waals surface area contributed by atoms with Crippen LogP contribution >= 0.6 is 0 Å². The van der Waals surface area contributed by atoms with Crippen LogP contribution in [0.3, 0.4) is 0 Å². The number of nitrogens with one attached hydrogen (secondary N) is 1. The molecule has 1 aromatic heterocycles. The van der Waals surface area contributed by atoms with Gasteiger partial charge in [0.2, 0.25) is 0 Å². The van der Waals surface area contributed by atoms with Gasteiger partial charge >= 0.3 is 12.2 Å². The highest BCUT2D eigenvalue weighted by Gasteiger charge is 2.50. The second-order valence-corrected chi connectivity index (χ2v) is 12.2. The molecule has 1 aromatic carbocycles. The maximum atomic E-state index is 15.3. The van der Waals surface area contributed by atoms with E-state index >= 15 is 4.39 Å². The minimum absolute atomic E-state index is 0.0826. The molecular weight excluding hydrogens is 547 g/mol. The van der Waals surface area contributed by atoms with Gasteiger partial charge in [-0.2, -0.15) is 23.1 Å². The third kappa shape index (κ3) is 4.60. The molecule has 0 radical (unpaired) electrons. The molecule has 7 heterocycles. The summed E-state index contributed by atoms with van der Waals surface area (Å²) < 4.78 is 84.0. The predicted octanol–water partition coefficient (Wildman–Crippen LogP) is 3.84. The van der Waals surface area contributed by atoms with E-state index in [0.717, 1.165) is 31.9 Å². The van der Waals surface area contributed by atoms with Crippen LogP contribution in [0.5, 0.6) is 6.01 Å². The zero-order chi connectivity index (χ0) is 28.7. The van der Waals surface area contributed by atoms with Gasteiger partial charge in [0.15, 0.2) is 5.82 Å². The third-order valence-corrected chi connectivity index (χ3v) is 9.44. The lowest BCUT2D eigenvalue weighted by molar-refractivity contribution is -0.140. The zero-order valence-corrected chi connectivity index (χ0v) is 22.7. The molecule has 13 heteroatoms. The van der Waals surface area contributed by atoms with Crippen LogP contribution in [-0.2, 0) is 23.9 Å². The summed E-state index contributed by atoms with van der Waals surface area (Å²) in [6.45, 7) is 4.03. The van der Waals surface area contributed by atoms with E-state index in [4.69, 9.17) is 20.2 Å². The first-order chi connectivity index (χ1) is 19.5. The number of ether oxygens (including phenoxy) is 2. The highest BCUT2D eigenvalue weighted by atomic mass is 19.4. The number of rotatable bonds is 5. The maximum Gasteiger partial charge on any atom is 0.417 e. The molecule has 2 bridgehead atoms. The quantitative estimate of drug-likeness (QED) is 0.408. The number of piperidine rings is 1. The zero-order valence-electron chi connectivity index (χ0n) is 22.7. The fourth-order valence-electron chi connectivity index (χ4n) is 7.60. The van der Waals surface area contributed by atoms with Crippen LogP contribution in [0.2, 0.25) is 0 Å². The van der Waals surface area contributed by atoms with E-state index in [0.29, 0.717) is 55.2 Å². The molecule has 0 spiro atoms. The van der Waals surface area contributed by atoms with Crippen LogP contribution in [0, 0.1) is 12.7 Å². The first-order valence-corrected chi connectivity index (χ1v) is 14.2. The standard InChI is InChI=1S/C28H33F5N6O2/c1-14-5-19(34)24(30)22(23(14)28(31,32)33)21-7-20-18(12-40-21)25(38-10-16-6-17(11-38)35-16)37-26(36-20)41-13-27-3-2-4-39(27)9-15(29)8-27/h5,15-17,21,35H,2-4,6-13,34H2,1H3/t15-,16?,17?,21?,27+/m1/s1. The van der Waals surface area contributed by atoms with Gasteiger partial charge in [0.1, 0.15) is 18.6 Å². The van der Waals surface area contributed by atoms with Gasteiger partial charge in [-0.1, -0.05) is 0 Å². The molecule has 5 fully saturated rings. The van der Waals surface area contributed by atoms with Crippen LogP contribution in [0.4, 0.5) is 33.5 Å². The molecule has 41 heavy (non-hydrogen) atoms. The number of fused-ring (bicyclic) bond motifs is 4. The van der Waals surface area contributed by atoms with E-state index in [9.17, 15) is 17.6 Å². The Morgan fingerprint density at radius 1 is 1.22 bits per heavy atom. The molecule has 0 aliphatic carbocycles. The van der Waals surface area contributed by atoms with Crippen molar-refractivity contribution in [2.45, 2.75) is 81.7 Å². The lowest BCUT2D eigenvalue weighted by atomic mass is 9.90. The molecule has 5 saturated heterocycles. The Labute approximate surface area is 234 Å². The summed E-state index contributed by atoms with van der Waals surface area (Å²) >= 11 is 0. The van der Waals surface area contributed by atoms with Crippen molar-refractivity contribution in [3.05, 3.63) is 39.8 Å². The number of hydrogen-bond donors (Lipinski definition) is 2. The number of nitrogens with zero attached hydrogens (tertiary/aromatic N) is 4. The second-order valence-electron chi connectivity index (χ2n) is 12.2. The molecule has 3 N–H and O–H groups in total. The molecule has 6 aliphatic rings. The van der Waals surface area contributed by atoms with Gasteiger partial charge in [0, 0.05) is 55.7 Å². The molecule has 3 unspecified atom stereocenters. The Morgan fingerprint density at radius 3 is 2.71 bits per heavy atom. The smallest absolute Gasteiger partial charge is 0.417 e. The lowest BCUT2D eigenvalue weighted by Gasteiger charge is -2.49. The Kier molecular flexibility index (Phi) is 6.36. The number of benzene rings is 1. The molecular formula is C28H33F5N6O2. The number of nitrogen functional groups attached to an aromatic ring is 1. The fraction of sp³-hybridized carbons (Fsp3) is 0.643. The number of piperazine rings is 1. The van der Waals surface area contributed by atoms with Gasteiger partial charge in [-0.3, -0.25) is 4.90 Å². The van der Waals surface area contributed by atoms with Gasteiger partial charge in [0.25, 0.3) is 0 Å². The summed E-state index contributed by atoms with van der Waals surface area (Å²) in [6, 6.07) is 1.74. The summed E-state index contributed by atoms with van der Waals surface area (Å²) in [5.74, 6) is -0.512. The largest absolute Gasteiger partial charge is 0.461 e. The van der Waals surface area contributed by atoms with Crippen molar-refractivity contribution in [1.82, 2.24) is 20.2 Å². The number of anilines is 2. The summed E-state index contributed by atoms with van der Waals surface area (Å²) in [5.41, 5.74) is 4.25. The molecule has 0 amide bonds. The van der Waals surface area contributed by atoms with E-state index in [2.05, 4.69) is 20.1 Å². The SMILES string of the molecule is Cc1cc(N)c(F)c(C2Cc3nc(OC[C@@]45CCCN4C[C@H](F)C5)nc(N4CC5CC(C4)N5)c3CO2)c1C(F)(F)F. The van der Waals surface area contributed by atoms with Crippen molar-refractivity contribution in [2.24, 2.45) is 0 Å². The normalized spacial score (nSPS) is 31.1. The van der Waals surface area contributed by atoms with Crippen LogP contribution in [0.1, 0.15) is 59.7 Å². The van der Waals surface area contributed by atoms with Gasteiger partial charge in [0.05, 0.1) is 35.2 Å². The number of aryl methyl sites for hydroxylation is 1. The van der Waals surface area contributed by atoms with Crippen molar-refractivity contribution in [3.8, 4) is 6.01 Å². The Hall–Kier alpha value is -2.77. The van der Waals surface area contributed by atoms with Crippen molar-refractivity contribution in [3.63, 3.8) is 0 Å². The van der Waals surface area contributed by atoms with Crippen molar-refractivity contribution in [2.75, 3.05) is 43.4 Å². The molecule has 2 aromatic rings.